The standard InChI is InChI=1S/C21H24N2O2/c1-16(2)25-20-11-10-17-7-3-4-8-18(17)19(20)15-22-13-14-24-21-9-5-6-12-23-21/h3-12,16,22H,13-15H2,1-2H3. The molecule has 1 N–H and O–H groups in total. The summed E-state index contributed by atoms with van der Waals surface area (Å²) in [5.41, 5.74) is 1.18. The number of benzene rings is 2. The third-order valence-electron chi connectivity index (χ3n) is 3.83. The number of nitrogens with one attached hydrogen (secondary N) is 1. The minimum Gasteiger partial charge on any atom is -0.491 e. The molecule has 1 heterocycles. The number of fused-ring (bicyclic) bond motifs is 1. The Labute approximate surface area is 148 Å². The lowest BCUT2D eigenvalue weighted by Crippen LogP contribution is -2.21. The highest BCUT2D eigenvalue weighted by molar-refractivity contribution is 5.87. The molecule has 0 unspecified atom stereocenters. The maximum absolute atomic E-state index is 6.00. The maximum Gasteiger partial charge on any atom is 0.213 e. The van der Waals surface area contributed by atoms with Crippen LogP contribution < -0.4 is 14.8 Å². The molecule has 2 aromatic carbocycles. The summed E-state index contributed by atoms with van der Waals surface area (Å²) in [6.07, 6.45) is 1.88. The predicted octanol–water partition coefficient (Wildman–Crippen LogP) is 4.19. The Bertz CT molecular complexity index is 803. The van der Waals surface area contributed by atoms with Crippen LogP contribution in [0.4, 0.5) is 0 Å². The van der Waals surface area contributed by atoms with Crippen LogP contribution in [-0.2, 0) is 6.54 Å². The lowest BCUT2D eigenvalue weighted by atomic mass is 10.0. The molecule has 0 aliphatic rings. The summed E-state index contributed by atoms with van der Waals surface area (Å²) in [6, 6.07) is 18.2. The molecular weight excluding hydrogens is 312 g/mol. The first-order valence-corrected chi connectivity index (χ1v) is 8.66. The predicted molar refractivity (Wildman–Crippen MR) is 101 cm³/mol. The van der Waals surface area contributed by atoms with Crippen molar-refractivity contribution >= 4 is 10.8 Å². The van der Waals surface area contributed by atoms with E-state index < -0.39 is 0 Å². The van der Waals surface area contributed by atoms with E-state index in [1.807, 2.05) is 32.0 Å². The molecule has 0 bridgehead atoms. The number of aromatic nitrogens is 1. The van der Waals surface area contributed by atoms with E-state index in [9.17, 15) is 0 Å². The number of hydrogen-bond donors (Lipinski definition) is 1. The highest BCUT2D eigenvalue weighted by Crippen LogP contribution is 2.28. The first kappa shape index (κ1) is 17.2. The van der Waals surface area contributed by atoms with E-state index in [1.165, 1.54) is 16.3 Å². The molecule has 4 nitrogen and oxygen atoms in total. The van der Waals surface area contributed by atoms with E-state index in [0.29, 0.717) is 12.5 Å². The summed E-state index contributed by atoms with van der Waals surface area (Å²) in [7, 11) is 0. The second kappa shape index (κ2) is 8.49. The van der Waals surface area contributed by atoms with Crippen molar-refractivity contribution in [2.45, 2.75) is 26.5 Å². The molecule has 130 valence electrons. The van der Waals surface area contributed by atoms with Gasteiger partial charge in [0.05, 0.1) is 6.10 Å². The lowest BCUT2D eigenvalue weighted by molar-refractivity contribution is 0.239. The molecule has 1 aromatic heterocycles. The highest BCUT2D eigenvalue weighted by atomic mass is 16.5. The molecule has 0 saturated carbocycles. The third kappa shape index (κ3) is 4.70. The van der Waals surface area contributed by atoms with Gasteiger partial charge in [-0.2, -0.15) is 0 Å². The van der Waals surface area contributed by atoms with Gasteiger partial charge in [-0.3, -0.25) is 0 Å². The summed E-state index contributed by atoms with van der Waals surface area (Å²) in [6.45, 7) is 6.14. The van der Waals surface area contributed by atoms with E-state index in [-0.39, 0.29) is 6.10 Å². The Hall–Kier alpha value is -2.59. The van der Waals surface area contributed by atoms with Gasteiger partial charge < -0.3 is 14.8 Å². The quantitative estimate of drug-likeness (QED) is 0.626. The molecule has 0 amide bonds. The Kier molecular flexibility index (Phi) is 5.86. The van der Waals surface area contributed by atoms with Crippen molar-refractivity contribution in [3.05, 3.63) is 66.4 Å². The van der Waals surface area contributed by atoms with Gasteiger partial charge in [0.15, 0.2) is 0 Å². The zero-order valence-corrected chi connectivity index (χ0v) is 14.7. The van der Waals surface area contributed by atoms with Gasteiger partial charge in [0, 0.05) is 30.9 Å². The molecule has 0 radical (unpaired) electrons. The van der Waals surface area contributed by atoms with Crippen molar-refractivity contribution in [2.75, 3.05) is 13.2 Å². The molecule has 25 heavy (non-hydrogen) atoms. The van der Waals surface area contributed by atoms with Crippen LogP contribution in [0.15, 0.2) is 60.8 Å². The Morgan fingerprint density at radius 1 is 1.00 bits per heavy atom. The van der Waals surface area contributed by atoms with E-state index in [2.05, 4.69) is 46.7 Å². The molecule has 0 spiro atoms. The first-order chi connectivity index (χ1) is 12.2. The summed E-state index contributed by atoms with van der Waals surface area (Å²) in [5, 5.41) is 5.89. The third-order valence-corrected chi connectivity index (χ3v) is 3.83. The van der Waals surface area contributed by atoms with E-state index in [4.69, 9.17) is 9.47 Å². The minimum absolute atomic E-state index is 0.146. The molecule has 0 aliphatic carbocycles. The van der Waals surface area contributed by atoms with Crippen LogP contribution in [0.1, 0.15) is 19.4 Å². The number of ether oxygens (including phenoxy) is 2. The largest absolute Gasteiger partial charge is 0.491 e. The summed E-state index contributed by atoms with van der Waals surface area (Å²) >= 11 is 0. The molecule has 0 aliphatic heterocycles. The Balaban J connectivity index is 1.64. The van der Waals surface area contributed by atoms with Gasteiger partial charge in [-0.1, -0.05) is 36.4 Å². The average Bonchev–Trinajstić information content (AvgIpc) is 2.63. The fraction of sp³-hybridized carbons (Fsp3) is 0.286. The van der Waals surface area contributed by atoms with Gasteiger partial charge in [-0.15, -0.1) is 0 Å². The van der Waals surface area contributed by atoms with E-state index in [1.54, 1.807) is 6.20 Å². The smallest absolute Gasteiger partial charge is 0.213 e. The zero-order chi connectivity index (χ0) is 17.5. The number of pyridine rings is 1. The maximum atomic E-state index is 6.00. The van der Waals surface area contributed by atoms with Gasteiger partial charge in [0.25, 0.3) is 0 Å². The van der Waals surface area contributed by atoms with Crippen LogP contribution in [0.2, 0.25) is 0 Å². The van der Waals surface area contributed by atoms with Crippen molar-refractivity contribution in [3.63, 3.8) is 0 Å². The fourth-order valence-electron chi connectivity index (χ4n) is 2.74. The monoisotopic (exact) mass is 336 g/mol. The second-order valence-corrected chi connectivity index (χ2v) is 6.12. The van der Waals surface area contributed by atoms with Gasteiger partial charge in [-0.05, 0) is 36.8 Å². The number of nitrogens with zero attached hydrogens (tertiary/aromatic N) is 1. The summed E-state index contributed by atoms with van der Waals surface area (Å²) < 4.78 is 11.6. The average molecular weight is 336 g/mol. The molecule has 0 fully saturated rings. The molecule has 0 atom stereocenters. The Morgan fingerprint density at radius 3 is 2.64 bits per heavy atom. The van der Waals surface area contributed by atoms with Gasteiger partial charge >= 0.3 is 0 Å². The van der Waals surface area contributed by atoms with Crippen LogP contribution >= 0.6 is 0 Å². The number of rotatable bonds is 8. The van der Waals surface area contributed by atoms with Crippen LogP contribution in [0.25, 0.3) is 10.8 Å². The SMILES string of the molecule is CC(C)Oc1ccc2ccccc2c1CNCCOc1ccccn1. The summed E-state index contributed by atoms with van der Waals surface area (Å²) in [4.78, 5) is 4.15. The van der Waals surface area contributed by atoms with Crippen molar-refractivity contribution in [1.82, 2.24) is 10.3 Å². The lowest BCUT2D eigenvalue weighted by Gasteiger charge is -2.17. The van der Waals surface area contributed by atoms with Crippen molar-refractivity contribution in [3.8, 4) is 11.6 Å². The van der Waals surface area contributed by atoms with Crippen molar-refractivity contribution < 1.29 is 9.47 Å². The van der Waals surface area contributed by atoms with E-state index in [0.717, 1.165) is 18.8 Å². The van der Waals surface area contributed by atoms with Gasteiger partial charge in [0.2, 0.25) is 5.88 Å². The summed E-state index contributed by atoms with van der Waals surface area (Å²) in [5.74, 6) is 1.59. The van der Waals surface area contributed by atoms with Crippen LogP contribution in [-0.4, -0.2) is 24.2 Å². The molecular formula is C21H24N2O2. The van der Waals surface area contributed by atoms with Crippen molar-refractivity contribution in [1.29, 1.82) is 0 Å². The zero-order valence-electron chi connectivity index (χ0n) is 14.7. The van der Waals surface area contributed by atoms with Crippen LogP contribution in [0.3, 0.4) is 0 Å². The second-order valence-electron chi connectivity index (χ2n) is 6.12. The highest BCUT2D eigenvalue weighted by Gasteiger charge is 2.10. The first-order valence-electron chi connectivity index (χ1n) is 8.66. The fourth-order valence-corrected chi connectivity index (χ4v) is 2.74. The Morgan fingerprint density at radius 2 is 1.84 bits per heavy atom. The van der Waals surface area contributed by atoms with Crippen molar-refractivity contribution in [2.24, 2.45) is 0 Å². The normalized spacial score (nSPS) is 11.0. The molecule has 4 heteroatoms. The van der Waals surface area contributed by atoms with Crippen LogP contribution in [0.5, 0.6) is 11.6 Å². The van der Waals surface area contributed by atoms with Gasteiger partial charge in [-0.25, -0.2) is 4.98 Å². The van der Waals surface area contributed by atoms with Gasteiger partial charge in [0.1, 0.15) is 12.4 Å². The van der Waals surface area contributed by atoms with Crippen LogP contribution in [0, 0.1) is 0 Å². The number of hydrogen-bond acceptors (Lipinski definition) is 4. The molecule has 0 saturated heterocycles. The topological polar surface area (TPSA) is 43.4 Å². The molecule has 3 aromatic rings. The van der Waals surface area contributed by atoms with E-state index >= 15 is 0 Å². The molecule has 3 rings (SSSR count). The minimum atomic E-state index is 0.146.